The van der Waals surface area contributed by atoms with E-state index < -0.39 is 11.4 Å². The number of hydrogen-bond acceptors (Lipinski definition) is 3. The van der Waals surface area contributed by atoms with Crippen LogP contribution >= 0.6 is 0 Å². The van der Waals surface area contributed by atoms with Gasteiger partial charge in [0.25, 0.3) is 0 Å². The molecule has 5 heteroatoms. The van der Waals surface area contributed by atoms with Crippen LogP contribution in [0.1, 0.15) is 52.0 Å². The number of hydrogen-bond donors (Lipinski definition) is 1. The summed E-state index contributed by atoms with van der Waals surface area (Å²) in [6, 6.07) is 4.59. The molecule has 2 rings (SSSR count). The highest BCUT2D eigenvalue weighted by Gasteiger charge is 2.33. The number of carbonyl (C=O) groups is 1. The van der Waals surface area contributed by atoms with Crippen molar-refractivity contribution in [1.29, 1.82) is 0 Å². The Morgan fingerprint density at radius 3 is 2.68 bits per heavy atom. The van der Waals surface area contributed by atoms with Crippen LogP contribution in [0.15, 0.2) is 18.2 Å². The van der Waals surface area contributed by atoms with E-state index >= 15 is 0 Å². The summed E-state index contributed by atoms with van der Waals surface area (Å²) < 4.78 is 18.9. The lowest BCUT2D eigenvalue weighted by molar-refractivity contribution is 0.0103. The van der Waals surface area contributed by atoms with Crippen LogP contribution in [-0.2, 0) is 4.74 Å². The Balaban J connectivity index is 2.07. The minimum Gasteiger partial charge on any atom is -0.505 e. The first-order valence-electron chi connectivity index (χ1n) is 7.66. The zero-order valence-corrected chi connectivity index (χ0v) is 13.6. The molecule has 0 aliphatic carbocycles. The van der Waals surface area contributed by atoms with Gasteiger partial charge in [0.15, 0.2) is 11.6 Å². The molecular formula is C17H24FNO3. The van der Waals surface area contributed by atoms with Crippen LogP contribution < -0.4 is 0 Å². The van der Waals surface area contributed by atoms with Crippen LogP contribution in [0, 0.1) is 5.82 Å². The largest absolute Gasteiger partial charge is 0.505 e. The smallest absolute Gasteiger partial charge is 0.410 e. The van der Waals surface area contributed by atoms with E-state index in [1.165, 1.54) is 6.07 Å². The van der Waals surface area contributed by atoms with Gasteiger partial charge in [-0.1, -0.05) is 12.1 Å². The van der Waals surface area contributed by atoms with Crippen LogP contribution in [0.4, 0.5) is 9.18 Å². The van der Waals surface area contributed by atoms with E-state index in [4.69, 9.17) is 4.74 Å². The topological polar surface area (TPSA) is 49.8 Å². The van der Waals surface area contributed by atoms with Crippen molar-refractivity contribution in [1.82, 2.24) is 4.90 Å². The van der Waals surface area contributed by atoms with Gasteiger partial charge < -0.3 is 14.7 Å². The Hall–Kier alpha value is -1.78. The third kappa shape index (κ3) is 3.70. The Kier molecular flexibility index (Phi) is 4.63. The minimum absolute atomic E-state index is 0.0173. The zero-order chi connectivity index (χ0) is 16.5. The molecule has 1 amide bonds. The summed E-state index contributed by atoms with van der Waals surface area (Å²) in [5, 5.41) is 9.88. The zero-order valence-electron chi connectivity index (χ0n) is 13.6. The molecule has 1 aliphatic rings. The highest BCUT2D eigenvalue weighted by atomic mass is 19.1. The number of phenolic OH excluding ortho intramolecular Hbond substituents is 1. The van der Waals surface area contributed by atoms with Gasteiger partial charge in [-0.05, 0) is 52.5 Å². The van der Waals surface area contributed by atoms with E-state index in [2.05, 4.69) is 0 Å². The van der Waals surface area contributed by atoms with Crippen molar-refractivity contribution in [3.05, 3.63) is 29.6 Å². The summed E-state index contributed by atoms with van der Waals surface area (Å²) in [5.41, 5.74) is 0.102. The number of halogens is 1. The average Bonchev–Trinajstić information content (AvgIpc) is 2.39. The molecule has 22 heavy (non-hydrogen) atoms. The van der Waals surface area contributed by atoms with Crippen molar-refractivity contribution in [3.8, 4) is 5.75 Å². The van der Waals surface area contributed by atoms with Crippen molar-refractivity contribution < 1.29 is 19.0 Å². The van der Waals surface area contributed by atoms with E-state index in [9.17, 15) is 14.3 Å². The number of ether oxygens (including phenoxy) is 1. The maximum atomic E-state index is 13.5. The molecule has 0 spiro atoms. The van der Waals surface area contributed by atoms with Crippen LogP contribution in [0.2, 0.25) is 0 Å². The third-order valence-electron chi connectivity index (χ3n) is 3.96. The number of piperidine rings is 1. The molecule has 0 radical (unpaired) electrons. The number of nitrogens with zero attached hydrogens (tertiary/aromatic N) is 1. The number of likely N-dealkylation sites (tertiary alicyclic amines) is 1. The molecule has 0 saturated carbocycles. The van der Waals surface area contributed by atoms with Crippen molar-refractivity contribution in [3.63, 3.8) is 0 Å². The average molecular weight is 309 g/mol. The molecule has 1 saturated heterocycles. The standard InChI is InChI=1S/C17H24FNO3/c1-11-10-12(13-6-5-7-14(18)15(13)20)8-9-19(11)16(21)22-17(2,3)4/h5-7,11-12,20H,8-10H2,1-4H3/t11-,12?/m0/s1. The van der Waals surface area contributed by atoms with Gasteiger partial charge in [0, 0.05) is 18.2 Å². The highest BCUT2D eigenvalue weighted by molar-refractivity contribution is 5.68. The fourth-order valence-electron chi connectivity index (χ4n) is 2.91. The van der Waals surface area contributed by atoms with Crippen molar-refractivity contribution in [2.45, 2.75) is 58.1 Å². The second-order valence-electron chi connectivity index (χ2n) is 6.92. The maximum absolute atomic E-state index is 13.5. The number of rotatable bonds is 1. The van der Waals surface area contributed by atoms with Crippen LogP contribution in [0.3, 0.4) is 0 Å². The first-order valence-corrected chi connectivity index (χ1v) is 7.66. The molecule has 1 aromatic carbocycles. The molecule has 4 nitrogen and oxygen atoms in total. The van der Waals surface area contributed by atoms with Gasteiger partial charge in [-0.3, -0.25) is 0 Å². The second kappa shape index (κ2) is 6.15. The van der Waals surface area contributed by atoms with Gasteiger partial charge in [-0.15, -0.1) is 0 Å². The molecule has 0 bridgehead atoms. The first-order chi connectivity index (χ1) is 10.2. The van der Waals surface area contributed by atoms with Gasteiger partial charge in [0.1, 0.15) is 5.60 Å². The lowest BCUT2D eigenvalue weighted by Gasteiger charge is -2.38. The highest BCUT2D eigenvalue weighted by Crippen LogP contribution is 2.37. The van der Waals surface area contributed by atoms with Crippen LogP contribution in [-0.4, -0.2) is 34.3 Å². The fraction of sp³-hybridized carbons (Fsp3) is 0.588. The molecule has 2 atom stereocenters. The summed E-state index contributed by atoms with van der Waals surface area (Å²) in [7, 11) is 0. The summed E-state index contributed by atoms with van der Waals surface area (Å²) in [4.78, 5) is 13.9. The Morgan fingerprint density at radius 1 is 1.41 bits per heavy atom. The molecule has 1 N–H and O–H groups in total. The molecule has 122 valence electrons. The molecular weight excluding hydrogens is 285 g/mol. The number of phenols is 1. The molecule has 0 aromatic heterocycles. The van der Waals surface area contributed by atoms with E-state index in [-0.39, 0.29) is 23.8 Å². The monoisotopic (exact) mass is 309 g/mol. The quantitative estimate of drug-likeness (QED) is 0.852. The van der Waals surface area contributed by atoms with Crippen LogP contribution in [0.5, 0.6) is 5.75 Å². The van der Waals surface area contributed by atoms with E-state index in [1.807, 2.05) is 27.7 Å². The van der Waals surface area contributed by atoms with Gasteiger partial charge in [-0.25, -0.2) is 9.18 Å². The molecule has 1 fully saturated rings. The molecule has 1 aliphatic heterocycles. The Morgan fingerprint density at radius 2 is 2.09 bits per heavy atom. The molecule has 1 unspecified atom stereocenters. The van der Waals surface area contributed by atoms with Gasteiger partial charge in [0.2, 0.25) is 0 Å². The molecule has 1 aromatic rings. The lowest BCUT2D eigenvalue weighted by Crippen LogP contribution is -2.46. The van der Waals surface area contributed by atoms with Crippen LogP contribution in [0.25, 0.3) is 0 Å². The van der Waals surface area contributed by atoms with E-state index in [0.29, 0.717) is 24.9 Å². The van der Waals surface area contributed by atoms with Gasteiger partial charge >= 0.3 is 6.09 Å². The van der Waals surface area contributed by atoms with E-state index in [1.54, 1.807) is 17.0 Å². The Labute approximate surface area is 130 Å². The maximum Gasteiger partial charge on any atom is 0.410 e. The van der Waals surface area contributed by atoms with Gasteiger partial charge in [-0.2, -0.15) is 0 Å². The number of aromatic hydroxyl groups is 1. The van der Waals surface area contributed by atoms with Crippen molar-refractivity contribution in [2.75, 3.05) is 6.54 Å². The summed E-state index contributed by atoms with van der Waals surface area (Å²) >= 11 is 0. The predicted octanol–water partition coefficient (Wildman–Crippen LogP) is 4.03. The normalized spacial score (nSPS) is 22.5. The SMILES string of the molecule is C[C@H]1CC(c2cccc(F)c2O)CCN1C(=O)OC(C)(C)C. The third-order valence-corrected chi connectivity index (χ3v) is 3.96. The van der Waals surface area contributed by atoms with E-state index in [0.717, 1.165) is 0 Å². The number of benzene rings is 1. The Bertz CT molecular complexity index is 553. The minimum atomic E-state index is -0.597. The second-order valence-corrected chi connectivity index (χ2v) is 6.92. The number of amides is 1. The number of para-hydroxylation sites is 1. The lowest BCUT2D eigenvalue weighted by atomic mass is 9.85. The fourth-order valence-corrected chi connectivity index (χ4v) is 2.91. The first kappa shape index (κ1) is 16.6. The predicted molar refractivity (Wildman–Crippen MR) is 82.4 cm³/mol. The van der Waals surface area contributed by atoms with Crippen molar-refractivity contribution >= 4 is 6.09 Å². The number of carbonyl (C=O) groups excluding carboxylic acids is 1. The molecule has 1 heterocycles. The summed E-state index contributed by atoms with van der Waals surface area (Å²) in [5.74, 6) is -0.825. The van der Waals surface area contributed by atoms with Crippen molar-refractivity contribution in [2.24, 2.45) is 0 Å². The van der Waals surface area contributed by atoms with Gasteiger partial charge in [0.05, 0.1) is 0 Å². The summed E-state index contributed by atoms with van der Waals surface area (Å²) in [6.45, 7) is 8.01. The summed E-state index contributed by atoms with van der Waals surface area (Å²) in [6.07, 6.45) is 1.04.